The Morgan fingerprint density at radius 1 is 1.14 bits per heavy atom. The van der Waals surface area contributed by atoms with Crippen LogP contribution in [0.15, 0.2) is 0 Å². The number of hydrogen-bond donors (Lipinski definition) is 1. The minimum Gasteiger partial charge on any atom is -0.378 e. The quantitative estimate of drug-likeness (QED) is 0.694. The molecule has 3 nitrogen and oxygen atoms in total. The third kappa shape index (κ3) is 1.69. The summed E-state index contributed by atoms with van der Waals surface area (Å²) in [7, 11) is 0. The minimum absolute atomic E-state index is 0.661. The molecule has 0 aromatic carbocycles. The molecular weight excluding hydrogens is 176 g/mol. The molecule has 3 rings (SSSR count). The third-order valence-corrected chi connectivity index (χ3v) is 3.96. The van der Waals surface area contributed by atoms with Crippen LogP contribution in [0.2, 0.25) is 0 Å². The van der Waals surface area contributed by atoms with Crippen molar-refractivity contribution in [2.24, 2.45) is 5.92 Å². The van der Waals surface area contributed by atoms with Gasteiger partial charge in [0, 0.05) is 12.6 Å². The predicted molar refractivity (Wildman–Crippen MR) is 55.3 cm³/mol. The second-order valence-electron chi connectivity index (χ2n) is 5.00. The standard InChI is InChI=1S/C11H20N2O/c1-2-9-6-13(4-1)5-3-11(9)12-10-7-14-8-10/h9-12H,1-8H2. The normalized spacial score (nSPS) is 43.3. The maximum atomic E-state index is 5.21. The average molecular weight is 196 g/mol. The molecule has 14 heavy (non-hydrogen) atoms. The molecule has 0 aliphatic carbocycles. The molecule has 3 heteroatoms. The maximum absolute atomic E-state index is 5.21. The van der Waals surface area contributed by atoms with E-state index in [-0.39, 0.29) is 0 Å². The number of ether oxygens (including phenoxy) is 1. The molecule has 0 aromatic rings. The first kappa shape index (κ1) is 9.13. The fourth-order valence-electron chi connectivity index (χ4n) is 3.03. The van der Waals surface area contributed by atoms with Crippen molar-refractivity contribution in [2.75, 3.05) is 32.8 Å². The van der Waals surface area contributed by atoms with Gasteiger partial charge in [0.25, 0.3) is 0 Å². The highest BCUT2D eigenvalue weighted by Crippen LogP contribution is 2.27. The molecule has 0 amide bonds. The highest BCUT2D eigenvalue weighted by atomic mass is 16.5. The van der Waals surface area contributed by atoms with Crippen LogP contribution in [0.5, 0.6) is 0 Å². The topological polar surface area (TPSA) is 24.5 Å². The van der Waals surface area contributed by atoms with Crippen LogP contribution in [-0.2, 0) is 4.74 Å². The molecule has 3 heterocycles. The van der Waals surface area contributed by atoms with E-state index in [0.29, 0.717) is 6.04 Å². The zero-order chi connectivity index (χ0) is 9.38. The Labute approximate surface area is 85.8 Å². The van der Waals surface area contributed by atoms with Crippen LogP contribution < -0.4 is 5.32 Å². The van der Waals surface area contributed by atoms with Crippen molar-refractivity contribution in [3.05, 3.63) is 0 Å². The molecule has 80 valence electrons. The summed E-state index contributed by atoms with van der Waals surface area (Å²) >= 11 is 0. The molecular formula is C11H20N2O. The Kier molecular flexibility index (Phi) is 2.48. The van der Waals surface area contributed by atoms with Gasteiger partial charge < -0.3 is 15.0 Å². The van der Waals surface area contributed by atoms with E-state index >= 15 is 0 Å². The third-order valence-electron chi connectivity index (χ3n) is 3.96. The molecule has 0 radical (unpaired) electrons. The van der Waals surface area contributed by atoms with Gasteiger partial charge in [-0.2, -0.15) is 0 Å². The summed E-state index contributed by atoms with van der Waals surface area (Å²) in [6.07, 6.45) is 4.19. The first-order chi connectivity index (χ1) is 6.92. The van der Waals surface area contributed by atoms with E-state index in [2.05, 4.69) is 10.2 Å². The van der Waals surface area contributed by atoms with Gasteiger partial charge in [-0.25, -0.2) is 0 Å². The predicted octanol–water partition coefficient (Wildman–Crippen LogP) is 0.459. The van der Waals surface area contributed by atoms with E-state index in [1.807, 2.05) is 0 Å². The van der Waals surface area contributed by atoms with E-state index in [9.17, 15) is 0 Å². The molecule has 3 fully saturated rings. The van der Waals surface area contributed by atoms with Crippen LogP contribution in [0.1, 0.15) is 19.3 Å². The zero-order valence-electron chi connectivity index (χ0n) is 8.74. The number of fused-ring (bicyclic) bond motifs is 2. The summed E-state index contributed by atoms with van der Waals surface area (Å²) in [6, 6.07) is 1.44. The first-order valence-corrected chi connectivity index (χ1v) is 5.98. The van der Waals surface area contributed by atoms with Crippen molar-refractivity contribution < 1.29 is 4.74 Å². The van der Waals surface area contributed by atoms with E-state index < -0.39 is 0 Å². The molecule has 3 unspecified atom stereocenters. The molecule has 2 bridgehead atoms. The van der Waals surface area contributed by atoms with Gasteiger partial charge in [-0.05, 0) is 38.3 Å². The minimum atomic E-state index is 0.661. The molecule has 0 aromatic heterocycles. The summed E-state index contributed by atoms with van der Waals surface area (Å²) in [5.74, 6) is 0.915. The second kappa shape index (κ2) is 3.80. The van der Waals surface area contributed by atoms with Crippen LogP contribution in [0.25, 0.3) is 0 Å². The number of hydrogen-bond acceptors (Lipinski definition) is 3. The van der Waals surface area contributed by atoms with Gasteiger partial charge in [0.05, 0.1) is 19.3 Å². The van der Waals surface area contributed by atoms with Gasteiger partial charge in [0.2, 0.25) is 0 Å². The Balaban J connectivity index is 1.56. The van der Waals surface area contributed by atoms with E-state index in [1.165, 1.54) is 38.9 Å². The largest absolute Gasteiger partial charge is 0.378 e. The first-order valence-electron chi connectivity index (χ1n) is 5.98. The molecule has 0 saturated carbocycles. The number of piperidine rings is 2. The summed E-state index contributed by atoms with van der Waals surface area (Å²) in [4.78, 5) is 2.63. The van der Waals surface area contributed by atoms with Crippen LogP contribution in [0.4, 0.5) is 0 Å². The highest BCUT2D eigenvalue weighted by molar-refractivity contribution is 4.91. The Morgan fingerprint density at radius 3 is 2.86 bits per heavy atom. The average Bonchev–Trinajstić information content (AvgIpc) is 2.15. The molecule has 0 spiro atoms. The highest BCUT2D eigenvalue weighted by Gasteiger charge is 2.34. The van der Waals surface area contributed by atoms with Crippen LogP contribution in [-0.4, -0.2) is 49.8 Å². The molecule has 3 aliphatic rings. The lowest BCUT2D eigenvalue weighted by molar-refractivity contribution is -0.0226. The lowest BCUT2D eigenvalue weighted by Gasteiger charge is -2.45. The van der Waals surface area contributed by atoms with E-state index in [4.69, 9.17) is 4.74 Å². The van der Waals surface area contributed by atoms with E-state index in [0.717, 1.165) is 25.2 Å². The zero-order valence-corrected chi connectivity index (χ0v) is 8.74. The fraction of sp³-hybridized carbons (Fsp3) is 1.00. The van der Waals surface area contributed by atoms with Gasteiger partial charge in [-0.3, -0.25) is 0 Å². The van der Waals surface area contributed by atoms with Gasteiger partial charge in [-0.15, -0.1) is 0 Å². The summed E-state index contributed by atoms with van der Waals surface area (Å²) < 4.78 is 5.21. The number of nitrogens with zero attached hydrogens (tertiary/aromatic N) is 1. The van der Waals surface area contributed by atoms with Gasteiger partial charge >= 0.3 is 0 Å². The lowest BCUT2D eigenvalue weighted by Crippen LogP contribution is -2.58. The number of nitrogens with one attached hydrogen (secondary N) is 1. The van der Waals surface area contributed by atoms with E-state index in [1.54, 1.807) is 0 Å². The molecule has 3 saturated heterocycles. The van der Waals surface area contributed by atoms with Crippen molar-refractivity contribution in [3.8, 4) is 0 Å². The van der Waals surface area contributed by atoms with Crippen molar-refractivity contribution in [2.45, 2.75) is 31.3 Å². The smallest absolute Gasteiger partial charge is 0.0643 e. The Bertz CT molecular complexity index is 205. The van der Waals surface area contributed by atoms with Crippen molar-refractivity contribution in [1.82, 2.24) is 10.2 Å². The lowest BCUT2D eigenvalue weighted by atomic mass is 9.84. The van der Waals surface area contributed by atoms with Gasteiger partial charge in [-0.1, -0.05) is 0 Å². The molecule has 3 atom stereocenters. The van der Waals surface area contributed by atoms with Crippen molar-refractivity contribution >= 4 is 0 Å². The van der Waals surface area contributed by atoms with Crippen LogP contribution in [0.3, 0.4) is 0 Å². The molecule has 1 N–H and O–H groups in total. The Hall–Kier alpha value is -0.120. The van der Waals surface area contributed by atoms with Gasteiger partial charge in [0.1, 0.15) is 0 Å². The summed E-state index contributed by atoms with van der Waals surface area (Å²) in [5.41, 5.74) is 0. The van der Waals surface area contributed by atoms with Crippen molar-refractivity contribution in [3.63, 3.8) is 0 Å². The Morgan fingerprint density at radius 2 is 2.07 bits per heavy atom. The monoisotopic (exact) mass is 196 g/mol. The van der Waals surface area contributed by atoms with Crippen molar-refractivity contribution in [1.29, 1.82) is 0 Å². The second-order valence-corrected chi connectivity index (χ2v) is 5.00. The SMILES string of the molecule is C1CC2CN(C1)CCC2NC1COC1. The molecule has 3 aliphatic heterocycles. The fourth-order valence-corrected chi connectivity index (χ4v) is 3.03. The number of rotatable bonds is 2. The summed E-state index contributed by atoms with van der Waals surface area (Å²) in [6.45, 7) is 5.86. The van der Waals surface area contributed by atoms with Gasteiger partial charge in [0.15, 0.2) is 0 Å². The summed E-state index contributed by atoms with van der Waals surface area (Å²) in [5, 5.41) is 3.76. The van der Waals surface area contributed by atoms with Crippen LogP contribution in [0, 0.1) is 5.92 Å². The maximum Gasteiger partial charge on any atom is 0.0643 e. The van der Waals surface area contributed by atoms with Crippen LogP contribution >= 0.6 is 0 Å².